The molecule has 0 aliphatic carbocycles. The van der Waals surface area contributed by atoms with E-state index in [0.717, 1.165) is 32.1 Å². The van der Waals surface area contributed by atoms with Crippen LogP contribution in [0.5, 0.6) is 0 Å². The summed E-state index contributed by atoms with van der Waals surface area (Å²) in [6.07, 6.45) is 5.34. The molecule has 0 radical (unpaired) electrons. The molecule has 1 unspecified atom stereocenters. The maximum absolute atomic E-state index is 11.8. The second-order valence-corrected chi connectivity index (χ2v) is 4.55. The Morgan fingerprint density at radius 2 is 2.06 bits per heavy atom. The lowest BCUT2D eigenvalue weighted by Crippen LogP contribution is -2.41. The van der Waals surface area contributed by atoms with Crippen LogP contribution >= 0.6 is 0 Å². The molecule has 0 aromatic carbocycles. The van der Waals surface area contributed by atoms with Gasteiger partial charge in [-0.3, -0.25) is 4.90 Å². The highest BCUT2D eigenvalue weighted by Gasteiger charge is 2.35. The van der Waals surface area contributed by atoms with E-state index < -0.39 is 12.1 Å². The number of nitrogens with zero attached hydrogens (tertiary/aromatic N) is 1. The van der Waals surface area contributed by atoms with Crippen LogP contribution in [0.25, 0.3) is 0 Å². The quantitative estimate of drug-likeness (QED) is 0.541. The Bertz CT molecular complexity index is 280. The van der Waals surface area contributed by atoms with E-state index in [9.17, 15) is 9.59 Å². The summed E-state index contributed by atoms with van der Waals surface area (Å²) in [5.74, 6) is -0.297. The molecule has 0 aromatic heterocycles. The van der Waals surface area contributed by atoms with Gasteiger partial charge < -0.3 is 9.47 Å². The molecule has 104 valence electrons. The summed E-state index contributed by atoms with van der Waals surface area (Å²) in [5, 5.41) is 0. The molecular weight excluding hydrogens is 234 g/mol. The molecule has 18 heavy (non-hydrogen) atoms. The molecule has 0 aromatic rings. The molecule has 1 saturated heterocycles. The van der Waals surface area contributed by atoms with E-state index >= 15 is 0 Å². The van der Waals surface area contributed by atoms with Gasteiger partial charge >= 0.3 is 12.1 Å². The fraction of sp³-hybridized carbons (Fsp3) is 0.846. The average molecular weight is 257 g/mol. The van der Waals surface area contributed by atoms with Gasteiger partial charge in [0, 0.05) is 6.54 Å². The third kappa shape index (κ3) is 4.20. The Hall–Kier alpha value is -1.26. The number of unbranched alkanes of at least 4 members (excludes halogenated alkanes) is 3. The van der Waals surface area contributed by atoms with Crippen LogP contribution in [0.15, 0.2) is 0 Å². The molecule has 0 N–H and O–H groups in total. The molecule has 1 amide bonds. The Kier molecular flexibility index (Phi) is 6.54. The van der Waals surface area contributed by atoms with E-state index in [0.29, 0.717) is 19.6 Å². The summed E-state index contributed by atoms with van der Waals surface area (Å²) in [7, 11) is 1.33. The Balaban J connectivity index is 2.29. The highest BCUT2D eigenvalue weighted by atomic mass is 16.6. The molecule has 1 rings (SSSR count). The molecule has 0 spiro atoms. The minimum absolute atomic E-state index is 0.297. The lowest BCUT2D eigenvalue weighted by molar-refractivity contribution is -0.148. The first kappa shape index (κ1) is 14.8. The van der Waals surface area contributed by atoms with Gasteiger partial charge in [-0.1, -0.05) is 26.2 Å². The molecule has 1 aliphatic heterocycles. The lowest BCUT2D eigenvalue weighted by Gasteiger charge is -2.21. The summed E-state index contributed by atoms with van der Waals surface area (Å²) < 4.78 is 9.86. The fourth-order valence-electron chi connectivity index (χ4n) is 2.15. The van der Waals surface area contributed by atoms with Crippen LogP contribution in [-0.4, -0.2) is 43.3 Å². The van der Waals surface area contributed by atoms with Crippen molar-refractivity contribution in [2.75, 3.05) is 20.3 Å². The van der Waals surface area contributed by atoms with Crippen molar-refractivity contribution in [3.8, 4) is 0 Å². The first-order valence-corrected chi connectivity index (χ1v) is 6.72. The van der Waals surface area contributed by atoms with Crippen molar-refractivity contribution in [3.63, 3.8) is 0 Å². The number of ether oxygens (including phenoxy) is 2. The number of carbonyl (C=O) groups excluding carboxylic acids is 2. The minimum Gasteiger partial charge on any atom is -0.464 e. The SMILES string of the molecule is CCCCCCOC(=O)C1CCCN1C(=O)OC. The molecule has 1 heterocycles. The zero-order valence-corrected chi connectivity index (χ0v) is 11.3. The smallest absolute Gasteiger partial charge is 0.410 e. The van der Waals surface area contributed by atoms with Gasteiger partial charge in [-0.2, -0.15) is 0 Å². The zero-order valence-electron chi connectivity index (χ0n) is 11.3. The summed E-state index contributed by atoms with van der Waals surface area (Å²) in [4.78, 5) is 24.7. The first-order chi connectivity index (χ1) is 8.70. The van der Waals surface area contributed by atoms with Gasteiger partial charge in [-0.15, -0.1) is 0 Å². The van der Waals surface area contributed by atoms with Gasteiger partial charge in [0.15, 0.2) is 0 Å². The number of amides is 1. The van der Waals surface area contributed by atoms with Crippen LogP contribution in [-0.2, 0) is 14.3 Å². The van der Waals surface area contributed by atoms with Crippen molar-refractivity contribution < 1.29 is 19.1 Å². The van der Waals surface area contributed by atoms with Crippen LogP contribution in [0.4, 0.5) is 4.79 Å². The van der Waals surface area contributed by atoms with Crippen LogP contribution < -0.4 is 0 Å². The Labute approximate surface area is 108 Å². The summed E-state index contributed by atoms with van der Waals surface area (Å²) in [6.45, 7) is 3.16. The van der Waals surface area contributed by atoms with Gasteiger partial charge in [-0.25, -0.2) is 9.59 Å². The number of hydrogen-bond donors (Lipinski definition) is 0. The molecule has 1 aliphatic rings. The van der Waals surface area contributed by atoms with Gasteiger partial charge in [0.2, 0.25) is 0 Å². The third-order valence-electron chi connectivity index (χ3n) is 3.18. The highest BCUT2D eigenvalue weighted by molar-refractivity contribution is 5.82. The van der Waals surface area contributed by atoms with Crippen LogP contribution in [0, 0.1) is 0 Å². The van der Waals surface area contributed by atoms with Gasteiger partial charge in [-0.05, 0) is 19.3 Å². The average Bonchev–Trinajstić information content (AvgIpc) is 2.86. The van der Waals surface area contributed by atoms with E-state index in [4.69, 9.17) is 4.74 Å². The predicted octanol–water partition coefficient (Wildman–Crippen LogP) is 2.34. The number of rotatable bonds is 6. The Morgan fingerprint density at radius 3 is 2.72 bits per heavy atom. The van der Waals surface area contributed by atoms with E-state index in [1.165, 1.54) is 12.0 Å². The molecule has 0 saturated carbocycles. The zero-order chi connectivity index (χ0) is 13.4. The molecule has 1 fully saturated rings. The molecular formula is C13H23NO4. The monoisotopic (exact) mass is 257 g/mol. The lowest BCUT2D eigenvalue weighted by atomic mass is 10.2. The largest absolute Gasteiger partial charge is 0.464 e. The first-order valence-electron chi connectivity index (χ1n) is 6.72. The predicted molar refractivity (Wildman–Crippen MR) is 67.2 cm³/mol. The van der Waals surface area contributed by atoms with E-state index in [1.54, 1.807) is 0 Å². The second kappa shape index (κ2) is 7.95. The highest BCUT2D eigenvalue weighted by Crippen LogP contribution is 2.19. The van der Waals surface area contributed by atoms with Crippen LogP contribution in [0.3, 0.4) is 0 Å². The number of methoxy groups -OCH3 is 1. The van der Waals surface area contributed by atoms with Crippen LogP contribution in [0.2, 0.25) is 0 Å². The van der Waals surface area contributed by atoms with Gasteiger partial charge in [0.25, 0.3) is 0 Å². The van der Waals surface area contributed by atoms with Crippen molar-refractivity contribution >= 4 is 12.1 Å². The molecule has 1 atom stereocenters. The van der Waals surface area contributed by atoms with E-state index in [1.807, 2.05) is 0 Å². The van der Waals surface area contributed by atoms with E-state index in [-0.39, 0.29) is 5.97 Å². The van der Waals surface area contributed by atoms with Crippen molar-refractivity contribution in [2.24, 2.45) is 0 Å². The molecule has 0 bridgehead atoms. The Morgan fingerprint density at radius 1 is 1.28 bits per heavy atom. The van der Waals surface area contributed by atoms with Crippen molar-refractivity contribution in [1.29, 1.82) is 0 Å². The number of likely N-dealkylation sites (tertiary alicyclic amines) is 1. The van der Waals surface area contributed by atoms with Crippen molar-refractivity contribution in [2.45, 2.75) is 51.5 Å². The third-order valence-corrected chi connectivity index (χ3v) is 3.18. The number of esters is 1. The summed E-state index contributed by atoms with van der Waals surface area (Å²) in [6, 6.07) is -0.455. The normalized spacial score (nSPS) is 18.8. The van der Waals surface area contributed by atoms with E-state index in [2.05, 4.69) is 11.7 Å². The minimum atomic E-state index is -0.455. The van der Waals surface area contributed by atoms with Crippen molar-refractivity contribution in [1.82, 2.24) is 4.90 Å². The van der Waals surface area contributed by atoms with Crippen molar-refractivity contribution in [3.05, 3.63) is 0 Å². The van der Waals surface area contributed by atoms with Gasteiger partial charge in [0.1, 0.15) is 6.04 Å². The molecule has 5 nitrogen and oxygen atoms in total. The summed E-state index contributed by atoms with van der Waals surface area (Å²) in [5.41, 5.74) is 0. The standard InChI is InChI=1S/C13H23NO4/c1-3-4-5-6-10-18-12(15)11-8-7-9-14(11)13(16)17-2/h11H,3-10H2,1-2H3. The van der Waals surface area contributed by atoms with Gasteiger partial charge in [0.05, 0.1) is 13.7 Å². The maximum atomic E-state index is 11.8. The number of carbonyl (C=O) groups is 2. The second-order valence-electron chi connectivity index (χ2n) is 4.55. The molecule has 5 heteroatoms. The summed E-state index contributed by atoms with van der Waals surface area (Å²) >= 11 is 0. The topological polar surface area (TPSA) is 55.8 Å². The maximum Gasteiger partial charge on any atom is 0.410 e. The number of hydrogen-bond acceptors (Lipinski definition) is 4. The van der Waals surface area contributed by atoms with Crippen LogP contribution in [0.1, 0.15) is 45.4 Å². The fourth-order valence-corrected chi connectivity index (χ4v) is 2.15.